The highest BCUT2D eigenvalue weighted by molar-refractivity contribution is 7.16. The fourth-order valence-electron chi connectivity index (χ4n) is 2.33. The fourth-order valence-corrected chi connectivity index (χ4v) is 3.09. The summed E-state index contributed by atoms with van der Waals surface area (Å²) in [6.07, 6.45) is 2.52. The molecule has 0 radical (unpaired) electrons. The van der Waals surface area contributed by atoms with Crippen LogP contribution in [-0.4, -0.2) is 35.8 Å². The van der Waals surface area contributed by atoms with Gasteiger partial charge >= 0.3 is 0 Å². The molecule has 2 aromatic rings. The maximum absolute atomic E-state index is 5.58. The van der Waals surface area contributed by atoms with Gasteiger partial charge in [-0.1, -0.05) is 0 Å². The van der Waals surface area contributed by atoms with Crippen LogP contribution < -0.4 is 10.6 Å². The van der Waals surface area contributed by atoms with Crippen LogP contribution in [0.25, 0.3) is 10.2 Å². The quantitative estimate of drug-likeness (QED) is 0.880. The highest BCUT2D eigenvalue weighted by Gasteiger charge is 2.30. The molecule has 0 atom stereocenters. The fraction of sp³-hybridized carbons (Fsp3) is 0.538. The zero-order chi connectivity index (χ0) is 13.2. The Labute approximate surface area is 116 Å². The summed E-state index contributed by atoms with van der Waals surface area (Å²) in [5.41, 5.74) is 0. The van der Waals surface area contributed by atoms with E-state index in [9.17, 15) is 0 Å². The number of fused-ring (bicyclic) bond motifs is 1. The van der Waals surface area contributed by atoms with Gasteiger partial charge in [0.25, 0.3) is 0 Å². The Kier molecular flexibility index (Phi) is 3.52. The van der Waals surface area contributed by atoms with E-state index in [0.717, 1.165) is 35.5 Å². The van der Waals surface area contributed by atoms with Gasteiger partial charge in [-0.25, -0.2) is 4.98 Å². The highest BCUT2D eigenvalue weighted by Crippen LogP contribution is 2.31. The number of nitrogens with one attached hydrogen (secondary N) is 2. The van der Waals surface area contributed by atoms with Gasteiger partial charge in [-0.2, -0.15) is 4.98 Å². The molecule has 0 aromatic carbocycles. The first-order valence-corrected chi connectivity index (χ1v) is 7.49. The van der Waals surface area contributed by atoms with Crippen molar-refractivity contribution < 1.29 is 4.74 Å². The summed E-state index contributed by atoms with van der Waals surface area (Å²) in [6, 6.07) is 2.53. The van der Waals surface area contributed by atoms with Crippen molar-refractivity contribution in [3.8, 4) is 0 Å². The van der Waals surface area contributed by atoms with Crippen molar-refractivity contribution in [2.75, 3.05) is 24.3 Å². The summed E-state index contributed by atoms with van der Waals surface area (Å²) in [4.78, 5) is 9.97. The highest BCUT2D eigenvalue weighted by atomic mass is 32.1. The zero-order valence-electron chi connectivity index (χ0n) is 11.1. The van der Waals surface area contributed by atoms with Crippen LogP contribution >= 0.6 is 11.3 Å². The van der Waals surface area contributed by atoms with Gasteiger partial charge in [-0.3, -0.25) is 0 Å². The van der Waals surface area contributed by atoms with Crippen LogP contribution in [0.2, 0.25) is 0 Å². The van der Waals surface area contributed by atoms with Gasteiger partial charge in [-0.15, -0.1) is 11.3 Å². The minimum absolute atomic E-state index is 0.408. The molecule has 0 saturated heterocycles. The number of anilines is 2. The maximum Gasteiger partial charge on any atom is 0.225 e. The van der Waals surface area contributed by atoms with Gasteiger partial charge in [0.15, 0.2) is 0 Å². The zero-order valence-corrected chi connectivity index (χ0v) is 12.0. The van der Waals surface area contributed by atoms with Gasteiger partial charge < -0.3 is 15.4 Å². The molecular formula is C13H18N4OS. The summed E-state index contributed by atoms with van der Waals surface area (Å²) in [7, 11) is 1.84. The molecule has 2 heterocycles. The first kappa shape index (κ1) is 12.6. The van der Waals surface area contributed by atoms with Gasteiger partial charge in [-0.05, 0) is 31.2 Å². The SMILES string of the molecule is CCOC1CC(Nc2nc(NC)nc3sccc23)C1. The van der Waals surface area contributed by atoms with Gasteiger partial charge in [0.05, 0.1) is 11.5 Å². The summed E-state index contributed by atoms with van der Waals surface area (Å²) in [5.74, 6) is 1.59. The van der Waals surface area contributed by atoms with Gasteiger partial charge in [0.2, 0.25) is 5.95 Å². The standard InChI is InChI=1S/C13H18N4OS/c1-3-18-9-6-8(7-9)15-11-10-4-5-19-12(10)17-13(14-2)16-11/h4-5,8-9H,3,6-7H2,1-2H3,(H2,14,15,16,17). The van der Waals surface area contributed by atoms with Crippen LogP contribution in [0.1, 0.15) is 19.8 Å². The number of hydrogen-bond donors (Lipinski definition) is 2. The Morgan fingerprint density at radius 2 is 2.26 bits per heavy atom. The second-order valence-corrected chi connectivity index (χ2v) is 5.57. The third-order valence-corrected chi connectivity index (χ3v) is 4.19. The predicted molar refractivity (Wildman–Crippen MR) is 79.0 cm³/mol. The number of nitrogens with zero attached hydrogens (tertiary/aromatic N) is 2. The van der Waals surface area contributed by atoms with E-state index in [-0.39, 0.29) is 0 Å². The molecule has 1 aliphatic rings. The summed E-state index contributed by atoms with van der Waals surface area (Å²) < 4.78 is 5.58. The first-order chi connectivity index (χ1) is 9.30. The molecule has 0 amide bonds. The van der Waals surface area contributed by atoms with E-state index in [0.29, 0.717) is 18.1 Å². The molecule has 5 nitrogen and oxygen atoms in total. The molecule has 2 aromatic heterocycles. The Morgan fingerprint density at radius 1 is 1.42 bits per heavy atom. The molecule has 0 aliphatic heterocycles. The molecule has 0 unspecified atom stereocenters. The van der Waals surface area contributed by atoms with Crippen LogP contribution in [0.15, 0.2) is 11.4 Å². The van der Waals surface area contributed by atoms with Crippen LogP contribution in [0.4, 0.5) is 11.8 Å². The van der Waals surface area contributed by atoms with Crippen LogP contribution in [-0.2, 0) is 4.74 Å². The second-order valence-electron chi connectivity index (χ2n) is 4.68. The van der Waals surface area contributed by atoms with E-state index in [1.54, 1.807) is 11.3 Å². The third kappa shape index (κ3) is 2.50. The lowest BCUT2D eigenvalue weighted by atomic mass is 9.89. The molecule has 1 fully saturated rings. The lowest BCUT2D eigenvalue weighted by Crippen LogP contribution is -2.41. The van der Waals surface area contributed by atoms with E-state index in [1.165, 1.54) is 0 Å². The van der Waals surface area contributed by atoms with Crippen molar-refractivity contribution in [2.45, 2.75) is 31.9 Å². The molecule has 2 N–H and O–H groups in total. The van der Waals surface area contributed by atoms with Crippen molar-refractivity contribution >= 4 is 33.3 Å². The summed E-state index contributed by atoms with van der Waals surface area (Å²) in [5, 5.41) is 9.66. The second kappa shape index (κ2) is 5.30. The minimum Gasteiger partial charge on any atom is -0.378 e. The van der Waals surface area contributed by atoms with E-state index < -0.39 is 0 Å². The van der Waals surface area contributed by atoms with Gasteiger partial charge in [0.1, 0.15) is 10.6 Å². The monoisotopic (exact) mass is 278 g/mol. The van der Waals surface area contributed by atoms with Crippen molar-refractivity contribution in [3.05, 3.63) is 11.4 Å². The third-order valence-electron chi connectivity index (χ3n) is 3.39. The summed E-state index contributed by atoms with van der Waals surface area (Å²) >= 11 is 1.64. The topological polar surface area (TPSA) is 59.1 Å². The van der Waals surface area contributed by atoms with Crippen molar-refractivity contribution in [1.29, 1.82) is 0 Å². The molecular weight excluding hydrogens is 260 g/mol. The average Bonchev–Trinajstić information content (AvgIpc) is 2.84. The van der Waals surface area contributed by atoms with Gasteiger partial charge in [0, 0.05) is 19.7 Å². The molecule has 0 spiro atoms. The van der Waals surface area contributed by atoms with Crippen molar-refractivity contribution in [3.63, 3.8) is 0 Å². The average molecular weight is 278 g/mol. The minimum atomic E-state index is 0.408. The van der Waals surface area contributed by atoms with Crippen molar-refractivity contribution in [1.82, 2.24) is 9.97 Å². The van der Waals surface area contributed by atoms with Crippen LogP contribution in [0, 0.1) is 0 Å². The van der Waals surface area contributed by atoms with E-state index >= 15 is 0 Å². The number of thiophene rings is 1. The number of aromatic nitrogens is 2. The Balaban J connectivity index is 1.75. The number of hydrogen-bond acceptors (Lipinski definition) is 6. The van der Waals surface area contributed by atoms with E-state index in [2.05, 4.69) is 26.7 Å². The lowest BCUT2D eigenvalue weighted by Gasteiger charge is -2.35. The number of rotatable bonds is 5. The predicted octanol–water partition coefficient (Wildman–Crippen LogP) is 2.71. The molecule has 19 heavy (non-hydrogen) atoms. The molecule has 1 aliphatic carbocycles. The lowest BCUT2D eigenvalue weighted by molar-refractivity contribution is 0.00295. The maximum atomic E-state index is 5.58. The Morgan fingerprint density at radius 3 is 3.00 bits per heavy atom. The molecule has 3 rings (SSSR count). The van der Waals surface area contributed by atoms with E-state index in [1.807, 2.05) is 19.4 Å². The van der Waals surface area contributed by atoms with Crippen LogP contribution in [0.3, 0.4) is 0 Å². The largest absolute Gasteiger partial charge is 0.378 e. The Hall–Kier alpha value is -1.40. The molecule has 102 valence electrons. The molecule has 1 saturated carbocycles. The molecule has 0 bridgehead atoms. The Bertz CT molecular complexity index is 565. The summed E-state index contributed by atoms with van der Waals surface area (Å²) in [6.45, 7) is 2.84. The smallest absolute Gasteiger partial charge is 0.225 e. The normalized spacial score (nSPS) is 22.2. The first-order valence-electron chi connectivity index (χ1n) is 6.61. The van der Waals surface area contributed by atoms with E-state index in [4.69, 9.17) is 4.74 Å². The number of ether oxygens (including phenoxy) is 1. The van der Waals surface area contributed by atoms with Crippen LogP contribution in [0.5, 0.6) is 0 Å². The molecule has 6 heteroatoms. The van der Waals surface area contributed by atoms with Crippen molar-refractivity contribution in [2.24, 2.45) is 0 Å².